The van der Waals surface area contributed by atoms with Gasteiger partial charge >= 0.3 is 5.97 Å². The van der Waals surface area contributed by atoms with Gasteiger partial charge in [-0.3, -0.25) is 19.2 Å². The summed E-state index contributed by atoms with van der Waals surface area (Å²) in [6, 6.07) is 7.30. The lowest BCUT2D eigenvalue weighted by Gasteiger charge is -2.45. The molecule has 1 spiro atoms. The van der Waals surface area contributed by atoms with Gasteiger partial charge in [0.1, 0.15) is 29.8 Å². The van der Waals surface area contributed by atoms with E-state index < -0.39 is 59.1 Å². The highest BCUT2D eigenvalue weighted by Gasteiger charge is 2.75. The molecule has 5 bridgehead atoms. The van der Waals surface area contributed by atoms with Crippen LogP contribution in [0.1, 0.15) is 72.0 Å². The minimum absolute atomic E-state index is 0.0677. The van der Waals surface area contributed by atoms with Gasteiger partial charge in [0.05, 0.1) is 18.6 Å². The number of hydrogen-bond acceptors (Lipinski definition) is 8. The average molecular weight is 745 g/mol. The SMILES string of the molecule is COC[C@H]1NC(=O)CC/C=C\CN(C(C)(C)CC(C)(C)C)C(=O)[C@@H]2N(CCCO)C(=O)[C@H]3[C@H](C(=O)O[C@@H]1c1ccccc1)[C@H]1O[C@@]23C=C1Br. The summed E-state index contributed by atoms with van der Waals surface area (Å²) in [4.78, 5) is 60.6. The van der Waals surface area contributed by atoms with E-state index in [1.807, 2.05) is 56.3 Å². The van der Waals surface area contributed by atoms with Gasteiger partial charge in [-0.25, -0.2) is 0 Å². The molecular formula is C37H50BrN3O8. The Morgan fingerprint density at radius 2 is 1.76 bits per heavy atom. The number of carbonyl (C=O) groups is 4. The third-order valence-electron chi connectivity index (χ3n) is 9.87. The van der Waals surface area contributed by atoms with E-state index >= 15 is 4.79 Å². The van der Waals surface area contributed by atoms with Crippen LogP contribution in [0.25, 0.3) is 0 Å². The molecule has 5 rings (SSSR count). The topological polar surface area (TPSA) is 135 Å². The van der Waals surface area contributed by atoms with Crippen LogP contribution in [0, 0.1) is 17.3 Å². The maximum atomic E-state index is 15.1. The fourth-order valence-corrected chi connectivity index (χ4v) is 9.06. The number of fused-ring (bicyclic) bond motifs is 2. The number of ether oxygens (including phenoxy) is 3. The maximum Gasteiger partial charge on any atom is 0.313 e. The summed E-state index contributed by atoms with van der Waals surface area (Å²) >= 11 is 3.61. The zero-order chi connectivity index (χ0) is 35.7. The van der Waals surface area contributed by atoms with Gasteiger partial charge in [0.2, 0.25) is 17.7 Å². The molecule has 11 nitrogen and oxygen atoms in total. The Kier molecular flexibility index (Phi) is 11.1. The van der Waals surface area contributed by atoms with Crippen molar-refractivity contribution in [2.24, 2.45) is 17.3 Å². The Morgan fingerprint density at radius 1 is 1.04 bits per heavy atom. The van der Waals surface area contributed by atoms with Crippen molar-refractivity contribution in [3.8, 4) is 0 Å². The molecule has 1 aromatic carbocycles. The normalized spacial score (nSPS) is 31.8. The number of aliphatic hydroxyl groups excluding tert-OH is 1. The lowest BCUT2D eigenvalue weighted by Crippen LogP contribution is -2.60. The highest BCUT2D eigenvalue weighted by atomic mass is 79.9. The van der Waals surface area contributed by atoms with E-state index in [-0.39, 0.29) is 56.4 Å². The van der Waals surface area contributed by atoms with Crippen LogP contribution in [0.3, 0.4) is 0 Å². The van der Waals surface area contributed by atoms with Gasteiger partial charge in [-0.1, -0.05) is 79.2 Å². The summed E-state index contributed by atoms with van der Waals surface area (Å²) in [6.45, 7) is 10.6. The van der Waals surface area contributed by atoms with Gasteiger partial charge in [-0.15, -0.1) is 0 Å². The molecule has 0 radical (unpaired) electrons. The summed E-state index contributed by atoms with van der Waals surface area (Å²) in [5.74, 6) is -3.72. The first kappa shape index (κ1) is 37.2. The standard InChI is InChI=1S/C37H50BrN3O8/c1-35(2,3)22-36(4,5)41-18-12-8-11-16-26(43)39-25(21-47-6)29(23-14-9-7-10-15-23)48-34(46)27-28-32(44)40(17-13-19-42)31(33(41)45)37(28)20-24(38)30(27)49-37/h7-10,12,14-15,20,25,27-31,42H,11,13,16-19,21-22H2,1-6H3,(H,39,43)/b12-8-/t25-,27+,28-,29-,30+,31+,37-/m1/s1. The van der Waals surface area contributed by atoms with E-state index in [2.05, 4.69) is 42.0 Å². The summed E-state index contributed by atoms with van der Waals surface area (Å²) in [6.07, 6.45) is 5.29. The number of benzene rings is 1. The first-order valence-corrected chi connectivity index (χ1v) is 17.9. The van der Waals surface area contributed by atoms with E-state index in [4.69, 9.17) is 14.2 Å². The Morgan fingerprint density at radius 3 is 2.41 bits per heavy atom. The molecular weight excluding hydrogens is 694 g/mol. The quantitative estimate of drug-likeness (QED) is 0.301. The summed E-state index contributed by atoms with van der Waals surface area (Å²) in [5, 5.41) is 12.8. The molecule has 0 saturated carbocycles. The minimum Gasteiger partial charge on any atom is -0.455 e. The van der Waals surface area contributed by atoms with Gasteiger partial charge in [-0.2, -0.15) is 0 Å². The first-order valence-electron chi connectivity index (χ1n) is 17.1. The maximum absolute atomic E-state index is 15.1. The van der Waals surface area contributed by atoms with Crippen LogP contribution in [-0.2, 0) is 33.4 Å². The second-order valence-corrected chi connectivity index (χ2v) is 16.3. The van der Waals surface area contributed by atoms with Crippen LogP contribution in [-0.4, -0.2) is 101 Å². The van der Waals surface area contributed by atoms with Gasteiger partial charge in [-0.05, 0) is 50.2 Å². The number of allylic oxidation sites excluding steroid dienone is 1. The molecule has 7 atom stereocenters. The van der Waals surface area contributed by atoms with E-state index in [1.165, 1.54) is 12.0 Å². The van der Waals surface area contributed by atoms with E-state index in [0.29, 0.717) is 22.9 Å². The largest absolute Gasteiger partial charge is 0.455 e. The molecule has 12 heteroatoms. The third kappa shape index (κ3) is 7.38. The fraction of sp³-hybridized carbons (Fsp3) is 0.622. The van der Waals surface area contributed by atoms with Gasteiger partial charge in [0, 0.05) is 43.2 Å². The molecule has 1 aromatic rings. The van der Waals surface area contributed by atoms with Crippen LogP contribution in [0.5, 0.6) is 0 Å². The fourth-order valence-electron chi connectivity index (χ4n) is 8.33. The zero-order valence-electron chi connectivity index (χ0n) is 29.3. The smallest absolute Gasteiger partial charge is 0.313 e. The molecule has 4 aliphatic heterocycles. The molecule has 0 unspecified atom stereocenters. The highest BCUT2D eigenvalue weighted by molar-refractivity contribution is 9.11. The molecule has 0 aliphatic carbocycles. The van der Waals surface area contributed by atoms with Crippen molar-refractivity contribution < 1.29 is 38.5 Å². The van der Waals surface area contributed by atoms with Crippen molar-refractivity contribution in [2.75, 3.05) is 33.4 Å². The lowest BCUT2D eigenvalue weighted by atomic mass is 9.74. The van der Waals surface area contributed by atoms with Gasteiger partial charge in [0.15, 0.2) is 0 Å². The number of hydrogen-bond donors (Lipinski definition) is 2. The monoisotopic (exact) mass is 743 g/mol. The number of cyclic esters (lactones) is 1. The van der Waals surface area contributed by atoms with Crippen molar-refractivity contribution >= 4 is 39.6 Å². The Labute approximate surface area is 297 Å². The van der Waals surface area contributed by atoms with E-state index in [0.717, 1.165) is 0 Å². The number of halogens is 1. The van der Waals surface area contributed by atoms with Crippen molar-refractivity contribution in [3.63, 3.8) is 0 Å². The van der Waals surface area contributed by atoms with Gasteiger partial charge in [0.25, 0.3) is 0 Å². The molecule has 268 valence electrons. The minimum atomic E-state index is -1.44. The Balaban J connectivity index is 1.64. The average Bonchev–Trinajstić information content (AvgIpc) is 3.61. The van der Waals surface area contributed by atoms with Crippen molar-refractivity contribution in [1.29, 1.82) is 0 Å². The van der Waals surface area contributed by atoms with Crippen LogP contribution in [0.15, 0.2) is 53.0 Å². The second-order valence-electron chi connectivity index (χ2n) is 15.3. The first-order chi connectivity index (χ1) is 23.1. The van der Waals surface area contributed by atoms with E-state index in [1.54, 1.807) is 11.0 Å². The number of aliphatic hydroxyl groups is 1. The Bertz CT molecular complexity index is 1470. The number of nitrogens with one attached hydrogen (secondary N) is 1. The number of methoxy groups -OCH3 is 1. The molecule has 2 N–H and O–H groups in total. The predicted octanol–water partition coefficient (Wildman–Crippen LogP) is 4.05. The number of rotatable bonds is 8. The molecule has 2 saturated heterocycles. The van der Waals surface area contributed by atoms with Gasteiger partial charge < -0.3 is 34.4 Å². The molecule has 4 heterocycles. The second kappa shape index (κ2) is 14.7. The Hall–Kier alpha value is -3.06. The van der Waals surface area contributed by atoms with E-state index in [9.17, 15) is 19.5 Å². The van der Waals surface area contributed by atoms with Crippen LogP contribution in [0.2, 0.25) is 0 Å². The number of likely N-dealkylation sites (tertiary alicyclic amines) is 1. The predicted molar refractivity (Wildman–Crippen MR) is 186 cm³/mol. The molecule has 0 aromatic heterocycles. The summed E-state index contributed by atoms with van der Waals surface area (Å²) in [5.41, 5.74) is -1.56. The van der Waals surface area contributed by atoms with Crippen LogP contribution < -0.4 is 5.32 Å². The highest BCUT2D eigenvalue weighted by Crippen LogP contribution is 2.59. The molecule has 4 aliphatic rings. The third-order valence-corrected chi connectivity index (χ3v) is 10.6. The van der Waals surface area contributed by atoms with Crippen molar-refractivity contribution in [1.82, 2.24) is 15.1 Å². The molecule has 49 heavy (non-hydrogen) atoms. The number of nitrogens with zero attached hydrogens (tertiary/aromatic N) is 2. The summed E-state index contributed by atoms with van der Waals surface area (Å²) < 4.78 is 19.0. The zero-order valence-corrected chi connectivity index (χ0v) is 30.9. The number of esters is 1. The molecule has 2 fully saturated rings. The van der Waals surface area contributed by atoms with Crippen molar-refractivity contribution in [3.05, 3.63) is 58.6 Å². The number of carbonyl (C=O) groups excluding carboxylic acids is 4. The number of amides is 3. The summed E-state index contributed by atoms with van der Waals surface area (Å²) in [7, 11) is 1.51. The van der Waals surface area contributed by atoms with Crippen molar-refractivity contribution in [2.45, 2.75) is 95.7 Å². The molecule has 3 amide bonds. The van der Waals surface area contributed by atoms with Crippen LogP contribution in [0.4, 0.5) is 0 Å². The lowest BCUT2D eigenvalue weighted by molar-refractivity contribution is -0.162. The van der Waals surface area contributed by atoms with Crippen LogP contribution >= 0.6 is 15.9 Å².